The SMILES string of the molecule is COc1ccc(NC(=O)[C@H](C)OC(=O)c2cc3c(s2)CCC3)c([N+](=O)[O-])c1. The van der Waals surface area contributed by atoms with Gasteiger partial charge in [0.2, 0.25) is 0 Å². The second-order valence-electron chi connectivity index (χ2n) is 6.09. The van der Waals surface area contributed by atoms with Crippen molar-refractivity contribution in [3.8, 4) is 5.75 Å². The van der Waals surface area contributed by atoms with Gasteiger partial charge in [-0.15, -0.1) is 11.3 Å². The molecule has 2 aromatic rings. The molecule has 0 saturated heterocycles. The van der Waals surface area contributed by atoms with E-state index >= 15 is 0 Å². The molecule has 0 spiro atoms. The lowest BCUT2D eigenvalue weighted by atomic mass is 10.2. The highest BCUT2D eigenvalue weighted by atomic mass is 32.1. The molecule has 1 aromatic carbocycles. The molecule has 0 unspecified atom stereocenters. The summed E-state index contributed by atoms with van der Waals surface area (Å²) in [5.74, 6) is -0.924. The van der Waals surface area contributed by atoms with Crippen molar-refractivity contribution in [2.75, 3.05) is 12.4 Å². The maximum atomic E-state index is 12.3. The van der Waals surface area contributed by atoms with Gasteiger partial charge in [-0.05, 0) is 49.9 Å². The molecule has 1 aliphatic rings. The Labute approximate surface area is 159 Å². The summed E-state index contributed by atoms with van der Waals surface area (Å²) in [7, 11) is 1.39. The van der Waals surface area contributed by atoms with Crippen molar-refractivity contribution in [1.82, 2.24) is 0 Å². The van der Waals surface area contributed by atoms with Gasteiger partial charge in [-0.1, -0.05) is 0 Å². The number of thiophene rings is 1. The van der Waals surface area contributed by atoms with Gasteiger partial charge >= 0.3 is 5.97 Å². The summed E-state index contributed by atoms with van der Waals surface area (Å²) < 4.78 is 10.2. The molecule has 142 valence electrons. The second-order valence-corrected chi connectivity index (χ2v) is 7.23. The van der Waals surface area contributed by atoms with Gasteiger partial charge in [-0.25, -0.2) is 4.79 Å². The van der Waals surface area contributed by atoms with E-state index in [0.717, 1.165) is 24.8 Å². The van der Waals surface area contributed by atoms with Gasteiger partial charge in [0.15, 0.2) is 6.10 Å². The lowest BCUT2D eigenvalue weighted by Gasteiger charge is -2.13. The van der Waals surface area contributed by atoms with Crippen LogP contribution in [-0.4, -0.2) is 30.0 Å². The number of hydrogen-bond donors (Lipinski definition) is 1. The lowest BCUT2D eigenvalue weighted by molar-refractivity contribution is -0.384. The first-order valence-electron chi connectivity index (χ1n) is 8.35. The molecule has 9 heteroatoms. The minimum absolute atomic E-state index is 0.00352. The molecule has 1 N–H and O–H groups in total. The summed E-state index contributed by atoms with van der Waals surface area (Å²) in [5.41, 5.74) is 0.859. The number of benzene rings is 1. The third-order valence-corrected chi connectivity index (χ3v) is 5.48. The molecule has 0 bridgehead atoms. The molecule has 0 fully saturated rings. The zero-order chi connectivity index (χ0) is 19.6. The Bertz CT molecular complexity index is 886. The first-order chi connectivity index (χ1) is 12.9. The fourth-order valence-electron chi connectivity index (χ4n) is 2.83. The van der Waals surface area contributed by atoms with Crippen LogP contribution in [0.1, 0.15) is 33.5 Å². The third-order valence-electron chi connectivity index (χ3n) is 4.26. The number of carbonyl (C=O) groups is 2. The lowest BCUT2D eigenvalue weighted by Crippen LogP contribution is -2.30. The molecule has 0 saturated carbocycles. The molecule has 1 heterocycles. The predicted octanol–water partition coefficient (Wildman–Crippen LogP) is 3.34. The molecule has 0 radical (unpaired) electrons. The number of amides is 1. The minimum atomic E-state index is -1.10. The Morgan fingerprint density at radius 3 is 2.74 bits per heavy atom. The maximum absolute atomic E-state index is 12.3. The van der Waals surface area contributed by atoms with Gasteiger partial charge in [-0.3, -0.25) is 14.9 Å². The number of esters is 1. The normalized spacial score (nSPS) is 13.6. The van der Waals surface area contributed by atoms with Gasteiger partial charge in [0.1, 0.15) is 16.3 Å². The zero-order valence-corrected chi connectivity index (χ0v) is 15.6. The number of fused-ring (bicyclic) bond motifs is 1. The number of methoxy groups -OCH3 is 1. The van der Waals surface area contributed by atoms with E-state index in [-0.39, 0.29) is 11.4 Å². The highest BCUT2D eigenvalue weighted by Crippen LogP contribution is 2.31. The van der Waals surface area contributed by atoms with E-state index in [9.17, 15) is 19.7 Å². The van der Waals surface area contributed by atoms with Crippen LogP contribution < -0.4 is 10.1 Å². The van der Waals surface area contributed by atoms with E-state index in [0.29, 0.717) is 10.6 Å². The number of ether oxygens (including phenoxy) is 2. The Hall–Kier alpha value is -2.94. The molecule has 1 amide bonds. The Morgan fingerprint density at radius 2 is 2.07 bits per heavy atom. The summed E-state index contributed by atoms with van der Waals surface area (Å²) >= 11 is 1.39. The van der Waals surface area contributed by atoms with Crippen LogP contribution in [0.2, 0.25) is 0 Å². The number of rotatable bonds is 6. The van der Waals surface area contributed by atoms with Gasteiger partial charge in [0, 0.05) is 4.88 Å². The molecular formula is C18H18N2O6S. The van der Waals surface area contributed by atoms with Crippen molar-refractivity contribution in [2.45, 2.75) is 32.3 Å². The number of carbonyl (C=O) groups excluding carboxylic acids is 2. The highest BCUT2D eigenvalue weighted by Gasteiger charge is 2.25. The zero-order valence-electron chi connectivity index (χ0n) is 14.8. The van der Waals surface area contributed by atoms with Crippen LogP contribution in [-0.2, 0) is 22.4 Å². The largest absolute Gasteiger partial charge is 0.496 e. The smallest absolute Gasteiger partial charge is 0.349 e. The first-order valence-corrected chi connectivity index (χ1v) is 9.16. The number of hydrogen-bond acceptors (Lipinski definition) is 7. The predicted molar refractivity (Wildman–Crippen MR) is 99.5 cm³/mol. The summed E-state index contributed by atoms with van der Waals surface area (Å²) in [6.45, 7) is 1.42. The number of aryl methyl sites for hydroxylation is 2. The number of anilines is 1. The van der Waals surface area contributed by atoms with Crippen LogP contribution in [0.15, 0.2) is 24.3 Å². The Morgan fingerprint density at radius 1 is 1.30 bits per heavy atom. The molecule has 27 heavy (non-hydrogen) atoms. The molecule has 3 rings (SSSR count). The Kier molecular flexibility index (Phi) is 5.41. The van der Waals surface area contributed by atoms with Crippen LogP contribution in [0.5, 0.6) is 5.75 Å². The average Bonchev–Trinajstić information content (AvgIpc) is 3.23. The molecule has 8 nitrogen and oxygen atoms in total. The van der Waals surface area contributed by atoms with E-state index < -0.39 is 22.9 Å². The van der Waals surface area contributed by atoms with E-state index in [2.05, 4.69) is 5.32 Å². The second kappa shape index (κ2) is 7.75. The minimum Gasteiger partial charge on any atom is -0.496 e. The van der Waals surface area contributed by atoms with Crippen LogP contribution >= 0.6 is 11.3 Å². The third kappa shape index (κ3) is 4.08. The fourth-order valence-corrected chi connectivity index (χ4v) is 3.97. The molecule has 1 aromatic heterocycles. The molecular weight excluding hydrogens is 372 g/mol. The first kappa shape index (κ1) is 18.8. The van der Waals surface area contributed by atoms with Crippen LogP contribution in [0.25, 0.3) is 0 Å². The summed E-state index contributed by atoms with van der Waals surface area (Å²) in [6, 6.07) is 5.88. The highest BCUT2D eigenvalue weighted by molar-refractivity contribution is 7.14. The fraction of sp³-hybridized carbons (Fsp3) is 0.333. The molecule has 1 aliphatic carbocycles. The summed E-state index contributed by atoms with van der Waals surface area (Å²) in [5, 5.41) is 13.6. The monoisotopic (exact) mass is 390 g/mol. The number of nitrogens with zero attached hydrogens (tertiary/aromatic N) is 1. The van der Waals surface area contributed by atoms with E-state index in [1.54, 1.807) is 0 Å². The van der Waals surface area contributed by atoms with Crippen molar-refractivity contribution in [2.24, 2.45) is 0 Å². The molecule has 0 aliphatic heterocycles. The Balaban J connectivity index is 1.67. The van der Waals surface area contributed by atoms with Crippen molar-refractivity contribution in [3.05, 3.63) is 49.7 Å². The quantitative estimate of drug-likeness (QED) is 0.460. The van der Waals surface area contributed by atoms with E-state index in [1.165, 1.54) is 48.4 Å². The van der Waals surface area contributed by atoms with Crippen LogP contribution in [0.4, 0.5) is 11.4 Å². The van der Waals surface area contributed by atoms with Gasteiger partial charge < -0.3 is 14.8 Å². The number of nitrogens with one attached hydrogen (secondary N) is 1. The molecule has 1 atom stereocenters. The summed E-state index contributed by atoms with van der Waals surface area (Å²) in [6.07, 6.45) is 1.91. The average molecular weight is 390 g/mol. The van der Waals surface area contributed by atoms with Crippen molar-refractivity contribution in [1.29, 1.82) is 0 Å². The van der Waals surface area contributed by atoms with Crippen LogP contribution in [0, 0.1) is 10.1 Å². The number of nitro groups is 1. The standard InChI is InChI=1S/C18H18N2O6S/c1-10(26-18(22)16-8-11-4-3-5-15(11)27-16)17(21)19-13-7-6-12(25-2)9-14(13)20(23)24/h6-10H,3-5H2,1-2H3,(H,19,21)/t10-/m0/s1. The van der Waals surface area contributed by atoms with Crippen molar-refractivity contribution < 1.29 is 24.0 Å². The number of nitro benzene ring substituents is 1. The summed E-state index contributed by atoms with van der Waals surface area (Å²) in [4.78, 5) is 36.8. The van der Waals surface area contributed by atoms with E-state index in [4.69, 9.17) is 9.47 Å². The topological polar surface area (TPSA) is 108 Å². The van der Waals surface area contributed by atoms with Gasteiger partial charge in [-0.2, -0.15) is 0 Å². The van der Waals surface area contributed by atoms with Gasteiger partial charge in [0.05, 0.1) is 18.1 Å². The van der Waals surface area contributed by atoms with E-state index in [1.807, 2.05) is 6.07 Å². The van der Waals surface area contributed by atoms with Crippen molar-refractivity contribution >= 4 is 34.6 Å². The van der Waals surface area contributed by atoms with Crippen molar-refractivity contribution in [3.63, 3.8) is 0 Å². The maximum Gasteiger partial charge on any atom is 0.349 e. The van der Waals surface area contributed by atoms with Gasteiger partial charge in [0.25, 0.3) is 11.6 Å². The van der Waals surface area contributed by atoms with Crippen LogP contribution in [0.3, 0.4) is 0 Å².